The number of rotatable bonds is 7. The lowest BCUT2D eigenvalue weighted by atomic mass is 9.96. The Bertz CT molecular complexity index is 489. The molecular formula is C17H25NO3. The Morgan fingerprint density at radius 2 is 2.10 bits per heavy atom. The van der Waals surface area contributed by atoms with Crippen molar-refractivity contribution in [2.45, 2.75) is 20.8 Å². The first-order valence-corrected chi connectivity index (χ1v) is 7.09. The van der Waals surface area contributed by atoms with E-state index < -0.39 is 5.97 Å². The summed E-state index contributed by atoms with van der Waals surface area (Å²) in [5.74, 6) is -0.197. The number of likely N-dealkylation sites (N-methyl/N-ethyl adjacent to an activating group) is 1. The third-order valence-electron chi connectivity index (χ3n) is 2.76. The number of aliphatic carboxylic acids is 1. The number of nitrogens with zero attached hydrogens (tertiary/aromatic N) is 1. The molecule has 0 aliphatic rings. The average molecular weight is 291 g/mol. The molecule has 0 aromatic heterocycles. The lowest BCUT2D eigenvalue weighted by Gasteiger charge is -2.26. The second-order valence-electron chi connectivity index (χ2n) is 6.39. The molecule has 0 bridgehead atoms. The summed E-state index contributed by atoms with van der Waals surface area (Å²) in [6.45, 7) is 9.11. The van der Waals surface area contributed by atoms with E-state index in [9.17, 15) is 4.79 Å². The van der Waals surface area contributed by atoms with Crippen LogP contribution in [-0.2, 0) is 4.79 Å². The van der Waals surface area contributed by atoms with Gasteiger partial charge in [0, 0.05) is 19.2 Å². The number of carboxylic acids is 1. The number of benzene rings is 1. The van der Waals surface area contributed by atoms with E-state index in [0.29, 0.717) is 6.61 Å². The van der Waals surface area contributed by atoms with Gasteiger partial charge in [0.1, 0.15) is 12.4 Å². The average Bonchev–Trinajstić information content (AvgIpc) is 2.34. The number of carboxylic acid groups (broad SMARTS) is 1. The van der Waals surface area contributed by atoms with Gasteiger partial charge in [-0.25, -0.2) is 4.79 Å². The highest BCUT2D eigenvalue weighted by molar-refractivity contribution is 5.85. The van der Waals surface area contributed by atoms with E-state index in [0.717, 1.165) is 30.5 Å². The van der Waals surface area contributed by atoms with Gasteiger partial charge in [-0.2, -0.15) is 0 Å². The van der Waals surface area contributed by atoms with Gasteiger partial charge >= 0.3 is 5.97 Å². The van der Waals surface area contributed by atoms with Crippen LogP contribution in [0.2, 0.25) is 0 Å². The van der Waals surface area contributed by atoms with E-state index >= 15 is 0 Å². The zero-order valence-electron chi connectivity index (χ0n) is 13.3. The Kier molecular flexibility index (Phi) is 6.43. The zero-order chi connectivity index (χ0) is 15.9. The first-order chi connectivity index (χ1) is 9.76. The van der Waals surface area contributed by atoms with Crippen molar-refractivity contribution in [2.75, 3.05) is 26.7 Å². The number of ether oxygens (including phenoxy) is 1. The standard InChI is InChI=1S/C17H25NO3/c1-17(2,3)13-18(4)10-11-21-15-7-5-6-14(12-15)8-9-16(19)20/h5-9,12H,10-11,13H2,1-4H3,(H,19,20). The predicted octanol–water partition coefficient (Wildman–Crippen LogP) is 3.14. The topological polar surface area (TPSA) is 49.8 Å². The fourth-order valence-electron chi connectivity index (χ4n) is 2.08. The Morgan fingerprint density at radius 3 is 2.71 bits per heavy atom. The van der Waals surface area contributed by atoms with Crippen LogP contribution >= 0.6 is 0 Å². The maximum Gasteiger partial charge on any atom is 0.328 e. The molecule has 0 fully saturated rings. The maximum absolute atomic E-state index is 10.5. The Balaban J connectivity index is 2.45. The van der Waals surface area contributed by atoms with E-state index in [1.807, 2.05) is 24.3 Å². The minimum Gasteiger partial charge on any atom is -0.492 e. The van der Waals surface area contributed by atoms with Crippen molar-refractivity contribution >= 4 is 12.0 Å². The molecule has 0 atom stereocenters. The van der Waals surface area contributed by atoms with Gasteiger partial charge in [-0.05, 0) is 36.2 Å². The molecule has 0 radical (unpaired) electrons. The predicted molar refractivity (Wildman–Crippen MR) is 85.6 cm³/mol. The van der Waals surface area contributed by atoms with Crippen LogP contribution in [-0.4, -0.2) is 42.7 Å². The molecule has 1 aromatic carbocycles. The van der Waals surface area contributed by atoms with Crippen molar-refractivity contribution in [1.82, 2.24) is 4.90 Å². The van der Waals surface area contributed by atoms with Gasteiger partial charge in [0.2, 0.25) is 0 Å². The van der Waals surface area contributed by atoms with E-state index in [1.54, 1.807) is 6.08 Å². The first-order valence-electron chi connectivity index (χ1n) is 7.09. The van der Waals surface area contributed by atoms with E-state index in [1.165, 1.54) is 0 Å². The molecule has 0 heterocycles. The van der Waals surface area contributed by atoms with Crippen LogP contribution in [0.5, 0.6) is 5.75 Å². The van der Waals surface area contributed by atoms with Gasteiger partial charge in [0.05, 0.1) is 0 Å². The summed E-state index contributed by atoms with van der Waals surface area (Å²) < 4.78 is 5.72. The molecule has 1 N–H and O–H groups in total. The summed E-state index contributed by atoms with van der Waals surface area (Å²) in [4.78, 5) is 12.7. The number of hydrogen-bond acceptors (Lipinski definition) is 3. The fraction of sp³-hybridized carbons (Fsp3) is 0.471. The third-order valence-corrected chi connectivity index (χ3v) is 2.76. The summed E-state index contributed by atoms with van der Waals surface area (Å²) in [5, 5.41) is 8.62. The molecule has 0 unspecified atom stereocenters. The molecule has 21 heavy (non-hydrogen) atoms. The van der Waals surface area contributed by atoms with Crippen molar-refractivity contribution in [2.24, 2.45) is 5.41 Å². The maximum atomic E-state index is 10.5. The Labute approximate surface area is 127 Å². The molecule has 4 heteroatoms. The second-order valence-corrected chi connectivity index (χ2v) is 6.39. The summed E-state index contributed by atoms with van der Waals surface area (Å²) >= 11 is 0. The largest absolute Gasteiger partial charge is 0.492 e. The van der Waals surface area contributed by atoms with Crippen LogP contribution < -0.4 is 4.74 Å². The van der Waals surface area contributed by atoms with Gasteiger partial charge in [0.25, 0.3) is 0 Å². The summed E-state index contributed by atoms with van der Waals surface area (Å²) in [6.07, 6.45) is 2.68. The first kappa shape index (κ1) is 17.2. The van der Waals surface area contributed by atoms with Crippen LogP contribution in [0.15, 0.2) is 30.3 Å². The summed E-state index contributed by atoms with van der Waals surface area (Å²) in [6, 6.07) is 7.42. The minimum atomic E-state index is -0.954. The number of carbonyl (C=O) groups is 1. The molecule has 1 aromatic rings. The second kappa shape index (κ2) is 7.84. The SMILES string of the molecule is CN(CCOc1cccc(C=CC(=O)O)c1)CC(C)(C)C. The van der Waals surface area contributed by atoms with Crippen LogP contribution in [0, 0.1) is 5.41 Å². The lowest BCUT2D eigenvalue weighted by molar-refractivity contribution is -0.131. The van der Waals surface area contributed by atoms with Crippen LogP contribution in [0.1, 0.15) is 26.3 Å². The van der Waals surface area contributed by atoms with E-state index in [4.69, 9.17) is 9.84 Å². The van der Waals surface area contributed by atoms with Crippen molar-refractivity contribution in [3.05, 3.63) is 35.9 Å². The van der Waals surface area contributed by atoms with E-state index in [-0.39, 0.29) is 5.41 Å². The lowest BCUT2D eigenvalue weighted by Crippen LogP contribution is -2.32. The van der Waals surface area contributed by atoms with Crippen molar-refractivity contribution in [3.63, 3.8) is 0 Å². The van der Waals surface area contributed by atoms with Gasteiger partial charge in [-0.3, -0.25) is 0 Å². The van der Waals surface area contributed by atoms with Crippen LogP contribution in [0.25, 0.3) is 6.08 Å². The third kappa shape index (κ3) is 8.15. The monoisotopic (exact) mass is 291 g/mol. The molecule has 0 aliphatic heterocycles. The highest BCUT2D eigenvalue weighted by atomic mass is 16.5. The van der Waals surface area contributed by atoms with Crippen LogP contribution in [0.4, 0.5) is 0 Å². The van der Waals surface area contributed by atoms with Crippen molar-refractivity contribution in [1.29, 1.82) is 0 Å². The highest BCUT2D eigenvalue weighted by Gasteiger charge is 2.13. The normalized spacial score (nSPS) is 12.0. The molecule has 0 amide bonds. The van der Waals surface area contributed by atoms with Gasteiger partial charge in [0.15, 0.2) is 0 Å². The molecular weight excluding hydrogens is 266 g/mol. The summed E-state index contributed by atoms with van der Waals surface area (Å²) in [5.41, 5.74) is 1.09. The Hall–Kier alpha value is -1.81. The fourth-order valence-corrected chi connectivity index (χ4v) is 2.08. The van der Waals surface area contributed by atoms with Crippen molar-refractivity contribution in [3.8, 4) is 5.75 Å². The zero-order valence-corrected chi connectivity index (χ0v) is 13.3. The molecule has 116 valence electrons. The molecule has 1 rings (SSSR count). The smallest absolute Gasteiger partial charge is 0.328 e. The Morgan fingerprint density at radius 1 is 1.38 bits per heavy atom. The highest BCUT2D eigenvalue weighted by Crippen LogP contribution is 2.16. The summed E-state index contributed by atoms with van der Waals surface area (Å²) in [7, 11) is 2.08. The number of hydrogen-bond donors (Lipinski definition) is 1. The molecule has 0 saturated heterocycles. The molecule has 0 saturated carbocycles. The van der Waals surface area contributed by atoms with E-state index in [2.05, 4.69) is 32.7 Å². The van der Waals surface area contributed by atoms with Gasteiger partial charge in [-0.15, -0.1) is 0 Å². The van der Waals surface area contributed by atoms with Crippen molar-refractivity contribution < 1.29 is 14.6 Å². The quantitative estimate of drug-likeness (QED) is 0.784. The van der Waals surface area contributed by atoms with Crippen LogP contribution in [0.3, 0.4) is 0 Å². The molecule has 0 aliphatic carbocycles. The van der Waals surface area contributed by atoms with Gasteiger partial charge in [-0.1, -0.05) is 32.9 Å². The minimum absolute atomic E-state index is 0.274. The van der Waals surface area contributed by atoms with Gasteiger partial charge < -0.3 is 14.7 Å². The molecule has 4 nitrogen and oxygen atoms in total. The molecule has 0 spiro atoms.